The van der Waals surface area contributed by atoms with E-state index in [1.54, 1.807) is 21.3 Å². The third-order valence-electron chi connectivity index (χ3n) is 6.35. The Morgan fingerprint density at radius 1 is 0.973 bits per heavy atom. The lowest BCUT2D eigenvalue weighted by molar-refractivity contribution is -0.146. The summed E-state index contributed by atoms with van der Waals surface area (Å²) >= 11 is 0. The topological polar surface area (TPSA) is 106 Å². The molecule has 0 aliphatic carbocycles. The van der Waals surface area contributed by atoms with Crippen LogP contribution in [0.4, 0.5) is 0 Å². The molecule has 1 atom stereocenters. The highest BCUT2D eigenvalue weighted by molar-refractivity contribution is 5.97. The van der Waals surface area contributed by atoms with Crippen molar-refractivity contribution in [1.29, 1.82) is 0 Å². The molecule has 1 aliphatic rings. The molecule has 0 bridgehead atoms. The maximum absolute atomic E-state index is 13.0. The van der Waals surface area contributed by atoms with E-state index < -0.39 is 6.04 Å². The number of rotatable bonds is 13. The van der Waals surface area contributed by atoms with Gasteiger partial charge in [0, 0.05) is 13.1 Å². The Balaban J connectivity index is 1.64. The minimum atomic E-state index is -0.851. The van der Waals surface area contributed by atoms with Crippen LogP contribution in [0.2, 0.25) is 0 Å². The van der Waals surface area contributed by atoms with Crippen LogP contribution >= 0.6 is 0 Å². The highest BCUT2D eigenvalue weighted by atomic mass is 16.5. The van der Waals surface area contributed by atoms with Crippen LogP contribution in [0.1, 0.15) is 44.6 Å². The maximum atomic E-state index is 13.0. The minimum absolute atomic E-state index is 0.0391. The molecule has 1 unspecified atom stereocenters. The first-order valence-corrected chi connectivity index (χ1v) is 12.6. The Hall–Kier alpha value is -3.75. The number of piperazine rings is 1. The van der Waals surface area contributed by atoms with E-state index >= 15 is 0 Å². The smallest absolute Gasteiger partial charge is 0.246 e. The van der Waals surface area contributed by atoms with E-state index in [0.717, 1.165) is 42.4 Å². The van der Waals surface area contributed by atoms with Crippen molar-refractivity contribution in [2.45, 2.75) is 51.6 Å². The average Bonchev–Trinajstić information content (AvgIpc) is 2.90. The number of ether oxygens (including phenoxy) is 3. The first kappa shape index (κ1) is 27.8. The number of unbranched alkanes of at least 4 members (excludes halogenated alkanes) is 3. The zero-order valence-electron chi connectivity index (χ0n) is 22.1. The number of nitrogens with zero attached hydrogens (tertiary/aromatic N) is 1. The molecule has 200 valence electrons. The molecular weight excluding hydrogens is 474 g/mol. The van der Waals surface area contributed by atoms with E-state index in [1.807, 2.05) is 36.4 Å². The summed E-state index contributed by atoms with van der Waals surface area (Å²) in [6.45, 7) is 2.95. The fourth-order valence-electron chi connectivity index (χ4n) is 4.35. The minimum Gasteiger partial charge on any atom is -0.493 e. The molecule has 0 aromatic heterocycles. The Bertz CT molecular complexity index is 1060. The molecule has 0 saturated carbocycles. The van der Waals surface area contributed by atoms with Crippen molar-refractivity contribution in [2.24, 2.45) is 0 Å². The van der Waals surface area contributed by atoms with Gasteiger partial charge in [-0.2, -0.15) is 0 Å². The number of hydrogen-bond donors (Lipinski definition) is 2. The third-order valence-corrected chi connectivity index (χ3v) is 6.35. The summed E-state index contributed by atoms with van der Waals surface area (Å²) in [5.74, 6) is 0.881. The summed E-state index contributed by atoms with van der Waals surface area (Å²) in [5.41, 5.74) is 2.69. The Morgan fingerprint density at radius 2 is 1.65 bits per heavy atom. The van der Waals surface area contributed by atoms with Gasteiger partial charge in [-0.25, -0.2) is 0 Å². The SMILES string of the molecule is CCCCCCNC(=O)CC1NC(=O)CN(Cc2ccc(-c3cc(OC)c(OC)c(OC)c3)cc2)C1=O. The predicted molar refractivity (Wildman–Crippen MR) is 141 cm³/mol. The third kappa shape index (κ3) is 7.38. The van der Waals surface area contributed by atoms with E-state index in [9.17, 15) is 14.4 Å². The normalized spacial score (nSPS) is 15.2. The molecule has 3 rings (SSSR count). The number of carbonyl (C=O) groups excluding carboxylic acids is 3. The maximum Gasteiger partial charge on any atom is 0.246 e. The van der Waals surface area contributed by atoms with Crippen molar-refractivity contribution >= 4 is 17.7 Å². The highest BCUT2D eigenvalue weighted by Gasteiger charge is 2.34. The lowest BCUT2D eigenvalue weighted by atomic mass is 10.0. The first-order chi connectivity index (χ1) is 17.9. The first-order valence-electron chi connectivity index (χ1n) is 12.6. The second-order valence-corrected chi connectivity index (χ2v) is 9.04. The lowest BCUT2D eigenvalue weighted by Crippen LogP contribution is -2.58. The lowest BCUT2D eigenvalue weighted by Gasteiger charge is -2.32. The summed E-state index contributed by atoms with van der Waals surface area (Å²) in [6, 6.07) is 10.6. The summed E-state index contributed by atoms with van der Waals surface area (Å²) < 4.78 is 16.3. The van der Waals surface area contributed by atoms with Gasteiger partial charge >= 0.3 is 0 Å². The van der Waals surface area contributed by atoms with Gasteiger partial charge < -0.3 is 29.7 Å². The van der Waals surface area contributed by atoms with Crippen LogP contribution in [0, 0.1) is 0 Å². The monoisotopic (exact) mass is 511 g/mol. The highest BCUT2D eigenvalue weighted by Crippen LogP contribution is 2.41. The molecule has 37 heavy (non-hydrogen) atoms. The largest absolute Gasteiger partial charge is 0.493 e. The molecular formula is C28H37N3O6. The van der Waals surface area contributed by atoms with Gasteiger partial charge in [-0.15, -0.1) is 0 Å². The van der Waals surface area contributed by atoms with Crippen LogP contribution in [0.15, 0.2) is 36.4 Å². The molecule has 2 aromatic rings. The molecule has 1 aliphatic heterocycles. The Kier molecular flexibility index (Phi) is 10.2. The molecule has 0 radical (unpaired) electrons. The van der Waals surface area contributed by atoms with Crippen LogP contribution < -0.4 is 24.8 Å². The van der Waals surface area contributed by atoms with E-state index in [1.165, 1.54) is 4.90 Å². The molecule has 9 nitrogen and oxygen atoms in total. The van der Waals surface area contributed by atoms with Crippen molar-refractivity contribution in [1.82, 2.24) is 15.5 Å². The molecule has 1 saturated heterocycles. The quantitative estimate of drug-likeness (QED) is 0.400. The van der Waals surface area contributed by atoms with Gasteiger partial charge in [0.25, 0.3) is 0 Å². The van der Waals surface area contributed by atoms with Gasteiger partial charge in [0.2, 0.25) is 23.5 Å². The molecule has 3 amide bonds. The van der Waals surface area contributed by atoms with E-state index in [-0.39, 0.29) is 37.2 Å². The predicted octanol–water partition coefficient (Wildman–Crippen LogP) is 3.29. The summed E-state index contributed by atoms with van der Waals surface area (Å²) in [4.78, 5) is 39.1. The second-order valence-electron chi connectivity index (χ2n) is 9.04. The van der Waals surface area contributed by atoms with E-state index in [0.29, 0.717) is 23.8 Å². The summed E-state index contributed by atoms with van der Waals surface area (Å²) in [7, 11) is 4.70. The Labute approximate surface area is 218 Å². The average molecular weight is 512 g/mol. The zero-order chi connectivity index (χ0) is 26.8. The number of carbonyl (C=O) groups is 3. The van der Waals surface area contributed by atoms with Gasteiger partial charge in [0.05, 0.1) is 34.3 Å². The Morgan fingerprint density at radius 3 is 2.24 bits per heavy atom. The number of nitrogens with one attached hydrogen (secondary N) is 2. The molecule has 2 aromatic carbocycles. The van der Waals surface area contributed by atoms with Crippen LogP contribution in [0.5, 0.6) is 17.2 Å². The number of benzene rings is 2. The molecule has 1 fully saturated rings. The van der Waals surface area contributed by atoms with Gasteiger partial charge in [0.1, 0.15) is 6.04 Å². The fourth-order valence-corrected chi connectivity index (χ4v) is 4.35. The number of hydrogen-bond acceptors (Lipinski definition) is 6. The number of amides is 3. The molecule has 0 spiro atoms. The van der Waals surface area contributed by atoms with Crippen LogP contribution in [0.3, 0.4) is 0 Å². The van der Waals surface area contributed by atoms with Crippen molar-refractivity contribution in [3.63, 3.8) is 0 Å². The van der Waals surface area contributed by atoms with Gasteiger partial charge in [-0.1, -0.05) is 50.5 Å². The van der Waals surface area contributed by atoms with E-state index in [4.69, 9.17) is 14.2 Å². The van der Waals surface area contributed by atoms with Crippen LogP contribution in [0.25, 0.3) is 11.1 Å². The van der Waals surface area contributed by atoms with Crippen LogP contribution in [-0.2, 0) is 20.9 Å². The second kappa shape index (κ2) is 13.5. The van der Waals surface area contributed by atoms with Crippen molar-refractivity contribution in [2.75, 3.05) is 34.4 Å². The number of methoxy groups -OCH3 is 3. The summed E-state index contributed by atoms with van der Waals surface area (Å²) in [6.07, 6.45) is 4.16. The van der Waals surface area contributed by atoms with E-state index in [2.05, 4.69) is 17.6 Å². The van der Waals surface area contributed by atoms with Gasteiger partial charge in [-0.05, 0) is 35.2 Å². The van der Waals surface area contributed by atoms with Gasteiger partial charge in [0.15, 0.2) is 11.5 Å². The molecule has 9 heteroatoms. The summed E-state index contributed by atoms with van der Waals surface area (Å²) in [5, 5.41) is 5.51. The fraction of sp³-hybridized carbons (Fsp3) is 0.464. The van der Waals surface area contributed by atoms with Crippen molar-refractivity contribution in [3.05, 3.63) is 42.0 Å². The molecule has 2 N–H and O–H groups in total. The molecule has 1 heterocycles. The van der Waals surface area contributed by atoms with Crippen LogP contribution in [-0.4, -0.2) is 63.1 Å². The van der Waals surface area contributed by atoms with Gasteiger partial charge in [-0.3, -0.25) is 14.4 Å². The van der Waals surface area contributed by atoms with Crippen molar-refractivity contribution < 1.29 is 28.6 Å². The van der Waals surface area contributed by atoms with Crippen molar-refractivity contribution in [3.8, 4) is 28.4 Å². The standard InChI is InChI=1S/C28H37N3O6/c1-5-6-7-8-13-29-25(32)16-22-28(34)31(18-26(33)30-22)17-19-9-11-20(12-10-19)21-14-23(35-2)27(37-4)24(15-21)36-3/h9-12,14-15,22H,5-8,13,16-18H2,1-4H3,(H,29,32)(H,30,33). The zero-order valence-corrected chi connectivity index (χ0v) is 22.1.